The van der Waals surface area contributed by atoms with Crippen molar-refractivity contribution in [1.82, 2.24) is 4.90 Å². The number of likely N-dealkylation sites (tertiary alicyclic amines) is 1. The van der Waals surface area contributed by atoms with Gasteiger partial charge in [-0.3, -0.25) is 4.90 Å². The topological polar surface area (TPSA) is 29.3 Å². The molecular formula is C14H20N2. The minimum atomic E-state index is 0.345. The van der Waals surface area contributed by atoms with E-state index in [1.165, 1.54) is 17.6 Å². The van der Waals surface area contributed by atoms with Crippen LogP contribution in [0.5, 0.6) is 0 Å². The van der Waals surface area contributed by atoms with Crippen molar-refractivity contribution in [2.75, 3.05) is 19.6 Å². The Morgan fingerprint density at radius 3 is 2.81 bits per heavy atom. The van der Waals surface area contributed by atoms with Crippen LogP contribution in [0.15, 0.2) is 36.9 Å². The molecule has 0 saturated carbocycles. The molecule has 2 N–H and O–H groups in total. The van der Waals surface area contributed by atoms with Crippen molar-refractivity contribution in [3.8, 4) is 0 Å². The van der Waals surface area contributed by atoms with Crippen LogP contribution in [0.25, 0.3) is 5.57 Å². The summed E-state index contributed by atoms with van der Waals surface area (Å²) in [5, 5.41) is 0. The van der Waals surface area contributed by atoms with Crippen LogP contribution in [0.4, 0.5) is 0 Å². The summed E-state index contributed by atoms with van der Waals surface area (Å²) in [6.07, 6.45) is 2.37. The van der Waals surface area contributed by atoms with Gasteiger partial charge in [-0.05, 0) is 30.5 Å². The van der Waals surface area contributed by atoms with E-state index in [1.54, 1.807) is 0 Å². The number of rotatable bonds is 3. The number of nitrogens with two attached hydrogens (primary N) is 1. The molecule has 2 rings (SSSR count). The zero-order valence-electron chi connectivity index (χ0n) is 9.73. The molecule has 0 spiro atoms. The second-order valence-corrected chi connectivity index (χ2v) is 4.61. The number of hydrogen-bond donors (Lipinski definition) is 1. The molecule has 2 heteroatoms. The fourth-order valence-electron chi connectivity index (χ4n) is 2.27. The van der Waals surface area contributed by atoms with Crippen LogP contribution in [0.2, 0.25) is 0 Å². The van der Waals surface area contributed by atoms with Gasteiger partial charge in [-0.15, -0.1) is 0 Å². The van der Waals surface area contributed by atoms with Crippen molar-refractivity contribution in [2.24, 2.45) is 5.73 Å². The highest BCUT2D eigenvalue weighted by Gasteiger charge is 2.16. The van der Waals surface area contributed by atoms with Crippen LogP contribution in [-0.4, -0.2) is 30.6 Å². The van der Waals surface area contributed by atoms with Gasteiger partial charge in [-0.25, -0.2) is 0 Å². The van der Waals surface area contributed by atoms with Crippen molar-refractivity contribution in [3.05, 3.63) is 42.5 Å². The molecule has 1 atom stereocenters. The van der Waals surface area contributed by atoms with Gasteiger partial charge in [0, 0.05) is 19.1 Å². The second-order valence-electron chi connectivity index (χ2n) is 4.61. The lowest BCUT2D eigenvalue weighted by atomic mass is 10.0. The number of nitrogens with zero attached hydrogens (tertiary/aromatic N) is 1. The van der Waals surface area contributed by atoms with Crippen molar-refractivity contribution in [2.45, 2.75) is 18.9 Å². The molecule has 1 saturated heterocycles. The number of piperidine rings is 1. The molecule has 0 aromatic heterocycles. The highest BCUT2D eigenvalue weighted by molar-refractivity contribution is 5.64. The van der Waals surface area contributed by atoms with Gasteiger partial charge in [-0.2, -0.15) is 0 Å². The van der Waals surface area contributed by atoms with Gasteiger partial charge in [0.15, 0.2) is 0 Å². The maximum atomic E-state index is 5.97. The molecule has 1 aromatic carbocycles. The van der Waals surface area contributed by atoms with Gasteiger partial charge in [0.1, 0.15) is 0 Å². The predicted octanol–water partition coefficient (Wildman–Crippen LogP) is 2.12. The van der Waals surface area contributed by atoms with E-state index in [0.29, 0.717) is 6.04 Å². The Labute approximate surface area is 97.8 Å². The van der Waals surface area contributed by atoms with Crippen molar-refractivity contribution in [3.63, 3.8) is 0 Å². The molecule has 0 radical (unpaired) electrons. The first-order valence-electron chi connectivity index (χ1n) is 5.97. The first-order chi connectivity index (χ1) is 7.75. The van der Waals surface area contributed by atoms with E-state index >= 15 is 0 Å². The van der Waals surface area contributed by atoms with Crippen molar-refractivity contribution in [1.29, 1.82) is 0 Å². The Morgan fingerprint density at radius 2 is 2.12 bits per heavy atom. The zero-order valence-corrected chi connectivity index (χ0v) is 9.73. The van der Waals surface area contributed by atoms with Crippen LogP contribution in [0.3, 0.4) is 0 Å². The summed E-state index contributed by atoms with van der Waals surface area (Å²) in [6, 6.07) is 10.7. The fraction of sp³-hybridized carbons (Fsp3) is 0.429. The van der Waals surface area contributed by atoms with Crippen molar-refractivity contribution >= 4 is 5.57 Å². The van der Waals surface area contributed by atoms with E-state index in [-0.39, 0.29) is 0 Å². The van der Waals surface area contributed by atoms with E-state index in [4.69, 9.17) is 5.73 Å². The molecule has 0 aliphatic carbocycles. The molecule has 1 aliphatic rings. The monoisotopic (exact) mass is 216 g/mol. The Hall–Kier alpha value is -1.12. The molecule has 1 heterocycles. The molecule has 0 amide bonds. The summed E-state index contributed by atoms with van der Waals surface area (Å²) < 4.78 is 0. The average Bonchev–Trinajstić information content (AvgIpc) is 2.30. The quantitative estimate of drug-likeness (QED) is 0.838. The standard InChI is InChI=1S/C14H20N2/c1-12(13-6-3-2-4-7-13)10-16-9-5-8-14(15)11-16/h2-4,6-7,14H,1,5,8-11,15H2/t14-/m1/s1. The Morgan fingerprint density at radius 1 is 1.38 bits per heavy atom. The van der Waals surface area contributed by atoms with Crippen molar-refractivity contribution < 1.29 is 0 Å². The van der Waals surface area contributed by atoms with Crippen LogP contribution >= 0.6 is 0 Å². The van der Waals surface area contributed by atoms with Gasteiger partial charge < -0.3 is 5.73 Å². The highest BCUT2D eigenvalue weighted by Crippen LogP contribution is 2.16. The largest absolute Gasteiger partial charge is 0.327 e. The summed E-state index contributed by atoms with van der Waals surface area (Å²) in [4.78, 5) is 2.41. The van der Waals surface area contributed by atoms with Gasteiger partial charge in [0.05, 0.1) is 0 Å². The Bertz CT molecular complexity index is 345. The van der Waals surface area contributed by atoms with Gasteiger partial charge in [0.2, 0.25) is 0 Å². The van der Waals surface area contributed by atoms with E-state index in [1.807, 2.05) is 6.07 Å². The second kappa shape index (κ2) is 5.28. The third kappa shape index (κ3) is 2.94. The lowest BCUT2D eigenvalue weighted by Crippen LogP contribution is -2.43. The Kier molecular flexibility index (Phi) is 3.75. The molecule has 16 heavy (non-hydrogen) atoms. The minimum Gasteiger partial charge on any atom is -0.327 e. The third-order valence-corrected chi connectivity index (χ3v) is 3.14. The number of benzene rings is 1. The molecule has 86 valence electrons. The summed E-state index contributed by atoms with van der Waals surface area (Å²) in [5.74, 6) is 0. The first kappa shape index (κ1) is 11.4. The molecular weight excluding hydrogens is 196 g/mol. The maximum Gasteiger partial charge on any atom is 0.0234 e. The summed E-state index contributed by atoms with van der Waals surface area (Å²) in [6.45, 7) is 7.26. The Balaban J connectivity index is 1.92. The normalized spacial score (nSPS) is 21.9. The van der Waals surface area contributed by atoms with Crippen LogP contribution in [0, 0.1) is 0 Å². The zero-order chi connectivity index (χ0) is 11.4. The van der Waals surface area contributed by atoms with E-state index < -0.39 is 0 Å². The smallest absolute Gasteiger partial charge is 0.0234 e. The van der Waals surface area contributed by atoms with Crippen LogP contribution < -0.4 is 5.73 Å². The summed E-state index contributed by atoms with van der Waals surface area (Å²) in [5.41, 5.74) is 8.40. The predicted molar refractivity (Wildman–Crippen MR) is 69.1 cm³/mol. The van der Waals surface area contributed by atoms with Gasteiger partial charge in [-0.1, -0.05) is 36.9 Å². The fourth-order valence-corrected chi connectivity index (χ4v) is 2.27. The first-order valence-corrected chi connectivity index (χ1v) is 5.97. The molecule has 0 unspecified atom stereocenters. The maximum absolute atomic E-state index is 5.97. The minimum absolute atomic E-state index is 0.345. The lowest BCUT2D eigenvalue weighted by Gasteiger charge is -2.31. The molecule has 1 fully saturated rings. The van der Waals surface area contributed by atoms with E-state index in [0.717, 1.165) is 26.1 Å². The highest BCUT2D eigenvalue weighted by atomic mass is 15.1. The summed E-state index contributed by atoms with van der Waals surface area (Å²) >= 11 is 0. The molecule has 2 nitrogen and oxygen atoms in total. The van der Waals surface area contributed by atoms with Gasteiger partial charge >= 0.3 is 0 Å². The van der Waals surface area contributed by atoms with E-state index in [9.17, 15) is 0 Å². The lowest BCUT2D eigenvalue weighted by molar-refractivity contribution is 0.232. The average molecular weight is 216 g/mol. The van der Waals surface area contributed by atoms with Gasteiger partial charge in [0.25, 0.3) is 0 Å². The summed E-state index contributed by atoms with van der Waals surface area (Å²) in [7, 11) is 0. The molecule has 1 aromatic rings. The molecule has 1 aliphatic heterocycles. The molecule has 0 bridgehead atoms. The van der Waals surface area contributed by atoms with Crippen LogP contribution in [0.1, 0.15) is 18.4 Å². The number of hydrogen-bond acceptors (Lipinski definition) is 2. The SMILES string of the molecule is C=C(CN1CCC[C@@H](N)C1)c1ccccc1. The van der Waals surface area contributed by atoms with Crippen LogP contribution in [-0.2, 0) is 0 Å². The van der Waals surface area contributed by atoms with E-state index in [2.05, 4.69) is 35.7 Å². The third-order valence-electron chi connectivity index (χ3n) is 3.14.